The highest BCUT2D eigenvalue weighted by Crippen LogP contribution is 2.46. The maximum absolute atomic E-state index is 14.1. The number of nitrogens with one attached hydrogen (secondary N) is 1. The Morgan fingerprint density at radius 2 is 1.57 bits per heavy atom. The third kappa shape index (κ3) is 5.27. The molecule has 42 heavy (non-hydrogen) atoms. The van der Waals surface area contributed by atoms with Crippen LogP contribution in [0.25, 0.3) is 22.0 Å². The van der Waals surface area contributed by atoms with Crippen molar-refractivity contribution < 1.29 is 27.9 Å². The van der Waals surface area contributed by atoms with Gasteiger partial charge >= 0.3 is 12.1 Å². The summed E-state index contributed by atoms with van der Waals surface area (Å²) in [6.07, 6.45) is -1.10. The Morgan fingerprint density at radius 1 is 0.905 bits per heavy atom. The van der Waals surface area contributed by atoms with Crippen molar-refractivity contribution in [3.05, 3.63) is 119 Å². The molecule has 4 aromatic carbocycles. The number of aryl methyl sites for hydroxylation is 1. The minimum absolute atomic E-state index is 0.173. The summed E-state index contributed by atoms with van der Waals surface area (Å²) in [6.45, 7) is 0. The number of aromatic carboxylic acids is 1. The molecule has 0 atom stereocenters. The van der Waals surface area contributed by atoms with E-state index in [1.807, 2.05) is 60.3 Å². The van der Waals surface area contributed by atoms with E-state index in [0.717, 1.165) is 39.2 Å². The lowest BCUT2D eigenvalue weighted by atomic mass is 9.98. The van der Waals surface area contributed by atoms with Crippen LogP contribution >= 0.6 is 11.8 Å². The predicted octanol–water partition coefficient (Wildman–Crippen LogP) is 8.13. The molecule has 0 spiro atoms. The first-order valence-electron chi connectivity index (χ1n) is 13.2. The average Bonchev–Trinajstić information content (AvgIpc) is 3.69. The second-order valence-corrected chi connectivity index (χ2v) is 11.5. The molecular formula is C33H25F3N2O3S. The number of carbonyl (C=O) groups excluding carboxylic acids is 1. The molecule has 1 heterocycles. The van der Waals surface area contributed by atoms with Crippen LogP contribution < -0.4 is 5.32 Å². The molecule has 2 N–H and O–H groups in total. The van der Waals surface area contributed by atoms with Crippen LogP contribution in [0.15, 0.2) is 107 Å². The number of rotatable bonds is 7. The maximum Gasteiger partial charge on any atom is 0.416 e. The SMILES string of the molecule is Cn1cc(Sc2ccc(C(F)(F)F)cc2)c2c(C(=O)NC3(c4ccc(C(=O)O)cc4)CC3)cc(-c3ccccc3)cc21. The monoisotopic (exact) mass is 586 g/mol. The van der Waals surface area contributed by atoms with E-state index in [-0.39, 0.29) is 11.5 Å². The van der Waals surface area contributed by atoms with Crippen LogP contribution in [-0.2, 0) is 18.8 Å². The minimum Gasteiger partial charge on any atom is -0.478 e. The Kier molecular flexibility index (Phi) is 6.85. The van der Waals surface area contributed by atoms with Gasteiger partial charge in [0.05, 0.1) is 27.7 Å². The summed E-state index contributed by atoms with van der Waals surface area (Å²) in [4.78, 5) is 26.7. The molecule has 9 heteroatoms. The molecule has 0 radical (unpaired) electrons. The zero-order valence-electron chi connectivity index (χ0n) is 22.4. The van der Waals surface area contributed by atoms with Crippen LogP contribution in [0, 0.1) is 0 Å². The first-order valence-corrected chi connectivity index (χ1v) is 14.1. The Balaban J connectivity index is 1.41. The molecule has 1 aromatic heterocycles. The van der Waals surface area contributed by atoms with E-state index in [9.17, 15) is 27.9 Å². The van der Waals surface area contributed by atoms with Crippen LogP contribution in [0.4, 0.5) is 13.2 Å². The number of carbonyl (C=O) groups is 2. The molecule has 1 aliphatic rings. The maximum atomic E-state index is 14.1. The second kappa shape index (κ2) is 10.4. The number of carboxylic acids is 1. The summed E-state index contributed by atoms with van der Waals surface area (Å²) < 4.78 is 41.3. The van der Waals surface area contributed by atoms with Gasteiger partial charge in [0.25, 0.3) is 5.91 Å². The van der Waals surface area contributed by atoms with Gasteiger partial charge < -0.3 is 15.0 Å². The molecule has 0 unspecified atom stereocenters. The van der Waals surface area contributed by atoms with Crippen molar-refractivity contribution >= 4 is 34.5 Å². The molecule has 0 saturated heterocycles. The van der Waals surface area contributed by atoms with Gasteiger partial charge in [-0.2, -0.15) is 13.2 Å². The number of amides is 1. The van der Waals surface area contributed by atoms with E-state index in [0.29, 0.717) is 28.7 Å². The van der Waals surface area contributed by atoms with E-state index in [1.54, 1.807) is 12.1 Å². The number of halogens is 3. The lowest BCUT2D eigenvalue weighted by molar-refractivity contribution is -0.137. The molecule has 212 valence electrons. The fourth-order valence-corrected chi connectivity index (χ4v) is 6.25. The van der Waals surface area contributed by atoms with Crippen LogP contribution in [0.5, 0.6) is 0 Å². The zero-order chi connectivity index (χ0) is 29.6. The lowest BCUT2D eigenvalue weighted by Crippen LogP contribution is -2.35. The van der Waals surface area contributed by atoms with Gasteiger partial charge in [-0.1, -0.05) is 54.2 Å². The average molecular weight is 587 g/mol. The summed E-state index contributed by atoms with van der Waals surface area (Å²) in [5.74, 6) is -1.30. The normalized spacial score (nSPS) is 14.1. The van der Waals surface area contributed by atoms with Crippen LogP contribution in [0.2, 0.25) is 0 Å². The summed E-state index contributed by atoms with van der Waals surface area (Å²) in [7, 11) is 1.88. The number of carboxylic acid groups (broad SMARTS) is 1. The molecule has 1 aliphatic carbocycles. The highest BCUT2D eigenvalue weighted by molar-refractivity contribution is 7.99. The molecule has 0 aliphatic heterocycles. The van der Waals surface area contributed by atoms with Gasteiger partial charge in [-0.25, -0.2) is 4.79 Å². The first kappa shape index (κ1) is 27.7. The van der Waals surface area contributed by atoms with Crippen LogP contribution in [0.1, 0.15) is 44.7 Å². The Hall–Kier alpha value is -4.50. The number of fused-ring (bicyclic) bond motifs is 1. The van der Waals surface area contributed by atoms with Gasteiger partial charge in [0.2, 0.25) is 0 Å². The van der Waals surface area contributed by atoms with Gasteiger partial charge in [0.15, 0.2) is 0 Å². The fourth-order valence-electron chi connectivity index (χ4n) is 5.19. The van der Waals surface area contributed by atoms with E-state index < -0.39 is 23.2 Å². The predicted molar refractivity (Wildman–Crippen MR) is 156 cm³/mol. The van der Waals surface area contributed by atoms with Crippen molar-refractivity contribution in [1.82, 2.24) is 9.88 Å². The number of benzene rings is 4. The smallest absolute Gasteiger partial charge is 0.416 e. The van der Waals surface area contributed by atoms with Crippen LogP contribution in [0.3, 0.4) is 0 Å². The third-order valence-electron chi connectivity index (χ3n) is 7.60. The molecule has 5 aromatic rings. The summed E-state index contributed by atoms with van der Waals surface area (Å²) in [5.41, 5.74) is 2.76. The molecule has 1 saturated carbocycles. The van der Waals surface area contributed by atoms with Crippen molar-refractivity contribution in [3.8, 4) is 11.1 Å². The topological polar surface area (TPSA) is 71.3 Å². The van der Waals surface area contributed by atoms with Crippen LogP contribution in [-0.4, -0.2) is 21.6 Å². The molecule has 1 amide bonds. The number of alkyl halides is 3. The van der Waals surface area contributed by atoms with Crippen molar-refractivity contribution in [3.63, 3.8) is 0 Å². The highest BCUT2D eigenvalue weighted by Gasteiger charge is 2.46. The van der Waals surface area contributed by atoms with Crippen molar-refractivity contribution in [2.24, 2.45) is 7.05 Å². The molecule has 5 nitrogen and oxygen atoms in total. The quantitative estimate of drug-likeness (QED) is 0.202. The number of aromatic nitrogens is 1. The van der Waals surface area contributed by atoms with Gasteiger partial charge in [0, 0.05) is 28.4 Å². The number of hydrogen-bond acceptors (Lipinski definition) is 3. The zero-order valence-corrected chi connectivity index (χ0v) is 23.2. The van der Waals surface area contributed by atoms with Crippen molar-refractivity contribution in [2.45, 2.75) is 34.3 Å². The van der Waals surface area contributed by atoms with E-state index in [1.165, 1.54) is 36.0 Å². The third-order valence-corrected chi connectivity index (χ3v) is 8.64. The van der Waals surface area contributed by atoms with Gasteiger partial charge in [-0.3, -0.25) is 4.79 Å². The number of nitrogens with zero attached hydrogens (tertiary/aromatic N) is 1. The van der Waals surface area contributed by atoms with E-state index in [2.05, 4.69) is 5.32 Å². The molecule has 1 fully saturated rings. The van der Waals surface area contributed by atoms with Gasteiger partial charge in [0.1, 0.15) is 0 Å². The molecule has 0 bridgehead atoms. The fraction of sp³-hybridized carbons (Fsp3) is 0.152. The van der Waals surface area contributed by atoms with Gasteiger partial charge in [-0.05, 0) is 78.1 Å². The summed E-state index contributed by atoms with van der Waals surface area (Å²) >= 11 is 1.30. The Bertz CT molecular complexity index is 1810. The molecule has 6 rings (SSSR count). The molecular weight excluding hydrogens is 561 g/mol. The van der Waals surface area contributed by atoms with Crippen molar-refractivity contribution in [2.75, 3.05) is 0 Å². The number of hydrogen-bond donors (Lipinski definition) is 2. The second-order valence-electron chi connectivity index (χ2n) is 10.4. The summed E-state index contributed by atoms with van der Waals surface area (Å²) in [6, 6.07) is 25.1. The first-order chi connectivity index (χ1) is 20.0. The van der Waals surface area contributed by atoms with E-state index >= 15 is 0 Å². The Labute approximate surface area is 244 Å². The Morgan fingerprint density at radius 3 is 2.17 bits per heavy atom. The summed E-state index contributed by atoms with van der Waals surface area (Å²) in [5, 5.41) is 13.2. The minimum atomic E-state index is -4.42. The highest BCUT2D eigenvalue weighted by atomic mass is 32.2. The largest absolute Gasteiger partial charge is 0.478 e. The lowest BCUT2D eigenvalue weighted by Gasteiger charge is -2.19. The van der Waals surface area contributed by atoms with E-state index in [4.69, 9.17) is 0 Å². The van der Waals surface area contributed by atoms with Gasteiger partial charge in [-0.15, -0.1) is 0 Å². The standard InChI is InChI=1S/C33H25F3N2O3S/c1-38-19-28(42-25-13-11-24(12-14-25)33(34,35)36)29-26(17-22(18-27(29)38)20-5-3-2-4-6-20)30(39)37-32(15-16-32)23-9-7-21(8-10-23)31(40)41/h2-14,17-19H,15-16H2,1H3,(H,37,39)(H,40,41). The van der Waals surface area contributed by atoms with Crippen molar-refractivity contribution in [1.29, 1.82) is 0 Å².